The van der Waals surface area contributed by atoms with Crippen LogP contribution in [0.1, 0.15) is 28.4 Å². The Bertz CT molecular complexity index is 807. The third-order valence-electron chi connectivity index (χ3n) is 4.64. The minimum absolute atomic E-state index is 0.172. The zero-order chi connectivity index (χ0) is 21.7. The number of carboxylic acid groups (broad SMARTS) is 1. The molecular formula is C16H21N2O8+. The average molecular weight is 372 g/mol. The molecular weight excluding hydrogens is 348 g/mol. The van der Waals surface area contributed by atoms with Crippen LogP contribution >= 0.6 is 0 Å². The lowest BCUT2D eigenvalue weighted by atomic mass is 9.97. The van der Waals surface area contributed by atoms with Gasteiger partial charge in [0.2, 0.25) is 0 Å². The molecule has 1 aromatic rings. The minimum Gasteiger partial charge on any atom is -0.479 e. The number of hydrogen-bond donors (Lipinski definition) is 5. The van der Waals surface area contributed by atoms with E-state index in [9.17, 15) is 30.0 Å². The largest absolute Gasteiger partial charge is 0.479 e. The van der Waals surface area contributed by atoms with E-state index in [0.717, 1.165) is 0 Å². The summed E-state index contributed by atoms with van der Waals surface area (Å²) in [5.74, 6) is -2.48. The average Bonchev–Trinajstić information content (AvgIpc) is 2.95. The number of aliphatic hydroxyl groups is 4. The summed E-state index contributed by atoms with van der Waals surface area (Å²) in [4.78, 5) is 24.0. The molecule has 0 aromatic carbocycles. The van der Waals surface area contributed by atoms with Crippen molar-refractivity contribution >= 4 is 11.9 Å². The van der Waals surface area contributed by atoms with Crippen molar-refractivity contribution in [2.24, 2.45) is 0 Å². The van der Waals surface area contributed by atoms with Crippen LogP contribution in [0.2, 0.25) is 0 Å². The molecule has 10 nitrogen and oxygen atoms in total. The number of rotatable bonds is 3. The Hall–Kier alpha value is -2.11. The monoisotopic (exact) mass is 372 g/mol. The van der Waals surface area contributed by atoms with Crippen molar-refractivity contribution in [2.45, 2.75) is 49.2 Å². The number of pyridine rings is 1. The van der Waals surface area contributed by atoms with Gasteiger partial charge in [-0.3, -0.25) is 4.79 Å². The molecule has 3 rings (SSSR count). The predicted molar refractivity (Wildman–Crippen MR) is 82.3 cm³/mol. The molecule has 2 saturated heterocycles. The van der Waals surface area contributed by atoms with E-state index in [1.807, 2.05) is 0 Å². The molecule has 2 aliphatic heterocycles. The van der Waals surface area contributed by atoms with Crippen LogP contribution in [0.25, 0.3) is 0 Å². The van der Waals surface area contributed by atoms with Crippen molar-refractivity contribution in [3.05, 3.63) is 30.1 Å². The fourth-order valence-electron chi connectivity index (χ4n) is 3.20. The van der Waals surface area contributed by atoms with Crippen molar-refractivity contribution in [1.29, 1.82) is 0 Å². The molecule has 10 heteroatoms. The molecule has 0 bridgehead atoms. The first-order chi connectivity index (χ1) is 13.4. The van der Waals surface area contributed by atoms with Gasteiger partial charge in [-0.15, -0.1) is 0 Å². The number of likely N-dealkylation sites (N-methyl/N-ethyl adjacent to an activating group) is 1. The summed E-state index contributed by atoms with van der Waals surface area (Å²) in [6.07, 6.45) is -7.50. The summed E-state index contributed by atoms with van der Waals surface area (Å²) in [6.45, 7) is -2.80. The van der Waals surface area contributed by atoms with E-state index in [-0.39, 0.29) is 12.0 Å². The number of aromatic nitrogens is 1. The predicted octanol–water partition coefficient (Wildman–Crippen LogP) is -2.70. The molecule has 6 unspecified atom stereocenters. The smallest absolute Gasteiger partial charge is 0.335 e. The third-order valence-corrected chi connectivity index (χ3v) is 4.64. The topological polar surface area (TPSA) is 152 Å². The van der Waals surface area contributed by atoms with Gasteiger partial charge in [0.1, 0.15) is 18.3 Å². The maximum atomic E-state index is 12.1. The maximum Gasteiger partial charge on any atom is 0.335 e. The van der Waals surface area contributed by atoms with Crippen LogP contribution in [0.4, 0.5) is 0 Å². The SMILES string of the molecule is [2H]C([2H])([2H])N1C(=O)[C@H](O)CC1c1ccc[n+](C2OC(C(=O)O)C(O)C(O)C2O)c1. The van der Waals surface area contributed by atoms with Crippen molar-refractivity contribution in [2.75, 3.05) is 6.98 Å². The van der Waals surface area contributed by atoms with Crippen LogP contribution in [0.3, 0.4) is 0 Å². The highest BCUT2D eigenvalue weighted by molar-refractivity contribution is 5.83. The second kappa shape index (κ2) is 6.89. The van der Waals surface area contributed by atoms with Crippen LogP contribution in [0.15, 0.2) is 24.5 Å². The van der Waals surface area contributed by atoms with Gasteiger partial charge in [0.15, 0.2) is 24.6 Å². The molecule has 0 spiro atoms. The Balaban J connectivity index is 1.95. The maximum absolute atomic E-state index is 12.1. The molecule has 1 aromatic heterocycles. The number of amides is 1. The third kappa shape index (κ3) is 3.06. The zero-order valence-electron chi connectivity index (χ0n) is 16.4. The fraction of sp³-hybridized carbons (Fsp3) is 0.562. The quantitative estimate of drug-likeness (QED) is 0.360. The highest BCUT2D eigenvalue weighted by Crippen LogP contribution is 2.31. The van der Waals surface area contributed by atoms with Crippen molar-refractivity contribution in [1.82, 2.24) is 4.90 Å². The Morgan fingerprint density at radius 3 is 2.69 bits per heavy atom. The van der Waals surface area contributed by atoms with Crippen molar-refractivity contribution in [3.63, 3.8) is 0 Å². The number of ether oxygens (including phenoxy) is 1. The van der Waals surface area contributed by atoms with Crippen molar-refractivity contribution in [3.8, 4) is 0 Å². The van der Waals surface area contributed by atoms with Gasteiger partial charge in [-0.05, 0) is 6.07 Å². The van der Waals surface area contributed by atoms with Crippen LogP contribution in [0, 0.1) is 0 Å². The summed E-state index contributed by atoms with van der Waals surface area (Å²) in [6, 6.07) is 1.95. The van der Waals surface area contributed by atoms with E-state index in [1.165, 1.54) is 29.1 Å². The van der Waals surface area contributed by atoms with Crippen LogP contribution in [-0.4, -0.2) is 79.8 Å². The Morgan fingerprint density at radius 2 is 2.04 bits per heavy atom. The van der Waals surface area contributed by atoms with Gasteiger partial charge in [0, 0.05) is 29.1 Å². The number of aliphatic hydroxyl groups excluding tert-OH is 4. The molecule has 5 N–H and O–H groups in total. The normalized spacial score (nSPS) is 40.0. The van der Waals surface area contributed by atoms with Gasteiger partial charge in [-0.1, -0.05) is 0 Å². The molecule has 0 aliphatic carbocycles. The number of aliphatic carboxylic acids is 1. The van der Waals surface area contributed by atoms with Crippen LogP contribution in [-0.2, 0) is 14.3 Å². The fourth-order valence-corrected chi connectivity index (χ4v) is 3.20. The summed E-state index contributed by atoms with van der Waals surface area (Å²) in [7, 11) is 0. The van der Waals surface area contributed by atoms with Gasteiger partial charge in [0.25, 0.3) is 12.1 Å². The second-order valence-corrected chi connectivity index (χ2v) is 6.32. The standard InChI is InChI=1S/C16H20N2O8/c1-17-8(5-9(19)14(17)23)7-3-2-4-18(6-7)15-12(22)10(20)11(21)13(26-15)16(24)25/h2-4,6,8-13,15,19-22H,5H2,1H3/p+1/t8?,9-,10?,11?,12?,13?,15?/m1/s1/i1D3. The number of nitrogens with zero attached hydrogens (tertiary/aromatic N) is 2. The Morgan fingerprint density at radius 1 is 1.31 bits per heavy atom. The van der Waals surface area contributed by atoms with Crippen LogP contribution < -0.4 is 4.57 Å². The molecule has 0 radical (unpaired) electrons. The number of carbonyl (C=O) groups is 2. The first kappa shape index (κ1) is 15.0. The van der Waals surface area contributed by atoms with E-state index < -0.39 is 61.6 Å². The molecule has 26 heavy (non-hydrogen) atoms. The van der Waals surface area contributed by atoms with Crippen molar-refractivity contribution < 1.29 is 48.5 Å². The lowest BCUT2D eigenvalue weighted by molar-refractivity contribution is -0.777. The first-order valence-corrected chi connectivity index (χ1v) is 7.88. The van der Waals surface area contributed by atoms with Gasteiger partial charge in [-0.2, -0.15) is 4.57 Å². The molecule has 7 atom stereocenters. The van der Waals surface area contributed by atoms with Gasteiger partial charge in [-0.25, -0.2) is 4.79 Å². The lowest BCUT2D eigenvalue weighted by Crippen LogP contribution is -2.63. The molecule has 142 valence electrons. The number of hydrogen-bond acceptors (Lipinski definition) is 7. The molecule has 3 heterocycles. The second-order valence-electron chi connectivity index (χ2n) is 6.32. The molecule has 1 amide bonds. The summed E-state index contributed by atoms with van der Waals surface area (Å²) >= 11 is 0. The summed E-state index contributed by atoms with van der Waals surface area (Å²) < 4.78 is 29.1. The first-order valence-electron chi connectivity index (χ1n) is 9.38. The number of carboxylic acids is 1. The minimum atomic E-state index is -2.80. The molecule has 2 aliphatic rings. The Kier molecular flexibility index (Phi) is 3.98. The van der Waals surface area contributed by atoms with E-state index >= 15 is 0 Å². The number of carbonyl (C=O) groups excluding carboxylic acids is 1. The van der Waals surface area contributed by atoms with E-state index in [4.69, 9.17) is 14.0 Å². The summed E-state index contributed by atoms with van der Waals surface area (Å²) in [5, 5.41) is 49.0. The van der Waals surface area contributed by atoms with Crippen LogP contribution in [0.5, 0.6) is 0 Å². The lowest BCUT2D eigenvalue weighted by Gasteiger charge is -2.35. The number of likely N-dealkylation sites (tertiary alicyclic amines) is 1. The highest BCUT2D eigenvalue weighted by atomic mass is 16.6. The van der Waals surface area contributed by atoms with E-state index in [2.05, 4.69) is 0 Å². The summed E-state index contributed by atoms with van der Waals surface area (Å²) in [5.41, 5.74) is 0.289. The Labute approximate surface area is 152 Å². The van der Waals surface area contributed by atoms with Gasteiger partial charge < -0.3 is 35.2 Å². The molecule has 2 fully saturated rings. The van der Waals surface area contributed by atoms with E-state index in [1.54, 1.807) is 0 Å². The van der Waals surface area contributed by atoms with E-state index in [0.29, 0.717) is 4.90 Å². The van der Waals surface area contributed by atoms with Gasteiger partial charge >= 0.3 is 5.97 Å². The zero-order valence-corrected chi connectivity index (χ0v) is 13.4. The van der Waals surface area contributed by atoms with Gasteiger partial charge in [0.05, 0.1) is 6.04 Å². The molecule has 0 saturated carbocycles. The highest BCUT2D eigenvalue weighted by Gasteiger charge is 2.51.